The molecule has 0 aliphatic carbocycles. The lowest BCUT2D eigenvalue weighted by Crippen LogP contribution is -2.33. The van der Waals surface area contributed by atoms with Crippen LogP contribution in [0.5, 0.6) is 0 Å². The van der Waals surface area contributed by atoms with Gasteiger partial charge >= 0.3 is 0 Å². The second-order valence-corrected chi connectivity index (χ2v) is 8.47. The fourth-order valence-electron chi connectivity index (χ4n) is 3.77. The summed E-state index contributed by atoms with van der Waals surface area (Å²) in [5, 5.41) is 18.8. The van der Waals surface area contributed by atoms with Crippen LogP contribution < -0.4 is 0 Å². The van der Waals surface area contributed by atoms with Gasteiger partial charge in [-0.1, -0.05) is 30.3 Å². The molecule has 0 unspecified atom stereocenters. The minimum absolute atomic E-state index is 0.132. The number of nitriles is 1. The molecule has 0 bridgehead atoms. The molecule has 1 aliphatic rings. The Labute approximate surface area is 180 Å². The van der Waals surface area contributed by atoms with Crippen molar-refractivity contribution >= 4 is 11.8 Å². The van der Waals surface area contributed by atoms with Crippen LogP contribution in [0.1, 0.15) is 49.2 Å². The molecule has 5 nitrogen and oxygen atoms in total. The molecule has 154 valence electrons. The highest BCUT2D eigenvalue weighted by Gasteiger charge is 2.25. The highest BCUT2D eigenvalue weighted by Crippen LogP contribution is 2.30. The summed E-state index contributed by atoms with van der Waals surface area (Å²) in [6.45, 7) is 4.29. The van der Waals surface area contributed by atoms with E-state index in [2.05, 4.69) is 28.1 Å². The smallest absolute Gasteiger partial charge is 0.196 e. The number of nitrogens with zero attached hydrogens (tertiary/aromatic N) is 5. The average Bonchev–Trinajstić information content (AvgIpc) is 3.22. The van der Waals surface area contributed by atoms with E-state index in [4.69, 9.17) is 5.26 Å². The molecule has 0 radical (unpaired) electrons. The maximum Gasteiger partial charge on any atom is 0.196 e. The number of likely N-dealkylation sites (tertiary alicyclic amines) is 1. The van der Waals surface area contributed by atoms with Crippen LogP contribution in [0.15, 0.2) is 53.7 Å². The Bertz CT molecular complexity index is 1020. The van der Waals surface area contributed by atoms with Crippen molar-refractivity contribution < 1.29 is 4.39 Å². The number of piperidine rings is 1. The quantitative estimate of drug-likeness (QED) is 0.517. The normalized spacial score (nSPS) is 15.6. The third-order valence-electron chi connectivity index (χ3n) is 5.51. The number of hydrogen-bond acceptors (Lipinski definition) is 5. The summed E-state index contributed by atoms with van der Waals surface area (Å²) in [5.74, 6) is 1.33. The van der Waals surface area contributed by atoms with Gasteiger partial charge in [0.1, 0.15) is 5.82 Å². The van der Waals surface area contributed by atoms with Crippen molar-refractivity contribution in [1.29, 1.82) is 5.26 Å². The number of benzene rings is 2. The standard InChI is InChI=1S/C23H24FN5S/c1-17(28-13-3-2-4-14-28)22-26-27-23(29(22)21-11-9-20(24)10-12-21)30-16-19-7-5-18(15-25)6-8-19/h5-12,17H,2-4,13-14,16H2,1H3/t17-/m1/s1. The van der Waals surface area contributed by atoms with Gasteiger partial charge in [0.15, 0.2) is 11.0 Å². The van der Waals surface area contributed by atoms with Crippen molar-refractivity contribution in [3.63, 3.8) is 0 Å². The fourth-order valence-corrected chi connectivity index (χ4v) is 4.69. The summed E-state index contributed by atoms with van der Waals surface area (Å²) < 4.78 is 15.6. The molecule has 1 aromatic heterocycles. The largest absolute Gasteiger partial charge is 0.294 e. The van der Waals surface area contributed by atoms with E-state index in [-0.39, 0.29) is 11.9 Å². The first kappa shape index (κ1) is 20.6. The van der Waals surface area contributed by atoms with E-state index in [1.165, 1.54) is 31.4 Å². The molecular formula is C23H24FN5S. The third kappa shape index (κ3) is 4.55. The van der Waals surface area contributed by atoms with Crippen molar-refractivity contribution in [2.75, 3.05) is 13.1 Å². The molecule has 0 N–H and O–H groups in total. The lowest BCUT2D eigenvalue weighted by atomic mass is 10.1. The van der Waals surface area contributed by atoms with Gasteiger partial charge in [0, 0.05) is 11.4 Å². The molecular weight excluding hydrogens is 397 g/mol. The predicted octanol–water partition coefficient (Wildman–Crippen LogP) is 5.12. The van der Waals surface area contributed by atoms with Gasteiger partial charge in [-0.3, -0.25) is 9.47 Å². The zero-order valence-electron chi connectivity index (χ0n) is 17.0. The maximum atomic E-state index is 13.5. The van der Waals surface area contributed by atoms with Gasteiger partial charge in [0.2, 0.25) is 0 Å². The van der Waals surface area contributed by atoms with Crippen molar-refractivity contribution in [1.82, 2.24) is 19.7 Å². The van der Waals surface area contributed by atoms with Gasteiger partial charge in [0.25, 0.3) is 0 Å². The van der Waals surface area contributed by atoms with Crippen molar-refractivity contribution in [3.05, 3.63) is 71.3 Å². The van der Waals surface area contributed by atoms with E-state index in [1.54, 1.807) is 23.9 Å². The molecule has 1 fully saturated rings. The van der Waals surface area contributed by atoms with Crippen LogP contribution in [0.3, 0.4) is 0 Å². The minimum Gasteiger partial charge on any atom is -0.294 e. The monoisotopic (exact) mass is 421 g/mol. The van der Waals surface area contributed by atoms with E-state index >= 15 is 0 Å². The number of aromatic nitrogens is 3. The lowest BCUT2D eigenvalue weighted by Gasteiger charge is -2.31. The van der Waals surface area contributed by atoms with Crippen LogP contribution >= 0.6 is 11.8 Å². The molecule has 2 heterocycles. The Balaban J connectivity index is 1.62. The number of halogens is 1. The van der Waals surface area contributed by atoms with Crippen LogP contribution in [0.25, 0.3) is 5.69 Å². The van der Waals surface area contributed by atoms with Crippen LogP contribution in [-0.4, -0.2) is 32.8 Å². The Kier molecular flexibility index (Phi) is 6.46. The molecule has 0 saturated carbocycles. The second-order valence-electron chi connectivity index (χ2n) is 7.52. The zero-order chi connectivity index (χ0) is 20.9. The molecule has 4 rings (SSSR count). The van der Waals surface area contributed by atoms with Crippen LogP contribution in [-0.2, 0) is 5.75 Å². The Morgan fingerprint density at radius 3 is 2.40 bits per heavy atom. The fraction of sp³-hybridized carbons (Fsp3) is 0.348. The van der Waals surface area contributed by atoms with Gasteiger partial charge < -0.3 is 0 Å². The molecule has 1 atom stereocenters. The maximum absolute atomic E-state index is 13.5. The zero-order valence-corrected chi connectivity index (χ0v) is 17.8. The molecule has 0 spiro atoms. The summed E-state index contributed by atoms with van der Waals surface area (Å²) >= 11 is 1.59. The second kappa shape index (κ2) is 9.41. The van der Waals surface area contributed by atoms with Crippen molar-refractivity contribution in [2.45, 2.75) is 43.1 Å². The Morgan fingerprint density at radius 1 is 1.03 bits per heavy atom. The third-order valence-corrected chi connectivity index (χ3v) is 6.51. The molecule has 30 heavy (non-hydrogen) atoms. The number of hydrogen-bond donors (Lipinski definition) is 0. The molecule has 3 aromatic rings. The molecule has 7 heteroatoms. The first-order valence-electron chi connectivity index (χ1n) is 10.2. The SMILES string of the molecule is C[C@H](c1nnc(SCc2ccc(C#N)cc2)n1-c1ccc(F)cc1)N1CCCCC1. The highest BCUT2D eigenvalue weighted by molar-refractivity contribution is 7.98. The molecule has 1 saturated heterocycles. The van der Waals surface area contributed by atoms with Crippen molar-refractivity contribution in [2.24, 2.45) is 0 Å². The van der Waals surface area contributed by atoms with Crippen LogP contribution in [0, 0.1) is 17.1 Å². The van der Waals surface area contributed by atoms with E-state index in [0.717, 1.165) is 35.3 Å². The first-order valence-corrected chi connectivity index (χ1v) is 11.2. The minimum atomic E-state index is -0.260. The number of thioether (sulfide) groups is 1. The van der Waals surface area contributed by atoms with Crippen LogP contribution in [0.4, 0.5) is 4.39 Å². The van der Waals surface area contributed by atoms with Gasteiger partial charge in [0.05, 0.1) is 17.7 Å². The van der Waals surface area contributed by atoms with E-state index in [9.17, 15) is 4.39 Å². The molecule has 0 amide bonds. The molecule has 1 aliphatic heterocycles. The number of rotatable bonds is 6. The van der Waals surface area contributed by atoms with E-state index in [0.29, 0.717) is 11.3 Å². The summed E-state index contributed by atoms with van der Waals surface area (Å²) in [5.41, 5.74) is 2.62. The first-order chi connectivity index (χ1) is 14.7. The van der Waals surface area contributed by atoms with Gasteiger partial charge in [-0.2, -0.15) is 5.26 Å². The summed E-state index contributed by atoms with van der Waals surface area (Å²) in [7, 11) is 0. The summed E-state index contributed by atoms with van der Waals surface area (Å²) in [6, 6.07) is 16.3. The Morgan fingerprint density at radius 2 is 1.73 bits per heavy atom. The van der Waals surface area contributed by atoms with Gasteiger partial charge in [-0.05, 0) is 74.8 Å². The topological polar surface area (TPSA) is 57.7 Å². The van der Waals surface area contributed by atoms with Crippen LogP contribution in [0.2, 0.25) is 0 Å². The predicted molar refractivity (Wildman–Crippen MR) is 116 cm³/mol. The van der Waals surface area contributed by atoms with Crippen molar-refractivity contribution in [3.8, 4) is 11.8 Å². The lowest BCUT2D eigenvalue weighted by molar-refractivity contribution is 0.167. The van der Waals surface area contributed by atoms with Gasteiger partial charge in [-0.15, -0.1) is 10.2 Å². The van der Waals surface area contributed by atoms with Gasteiger partial charge in [-0.25, -0.2) is 4.39 Å². The van der Waals surface area contributed by atoms with E-state index < -0.39 is 0 Å². The molecule has 2 aromatic carbocycles. The summed E-state index contributed by atoms with van der Waals surface area (Å²) in [6.07, 6.45) is 3.68. The highest BCUT2D eigenvalue weighted by atomic mass is 32.2. The van der Waals surface area contributed by atoms with E-state index in [1.807, 2.05) is 28.8 Å². The Hall–Kier alpha value is -2.69. The average molecular weight is 422 g/mol. The summed E-state index contributed by atoms with van der Waals surface area (Å²) in [4.78, 5) is 2.45.